The maximum Gasteiger partial charge on any atom is 0.207 e. The number of carbonyl (C=O) groups is 10. The molecule has 0 amide bonds. The molecule has 2 aliphatic rings. The molecule has 722 valence electrons. The minimum atomic E-state index is -2.97. The predicted molar refractivity (Wildman–Crippen MR) is 536 cm³/mol. The largest absolute Gasteiger partial charge is 0.385 e. The van der Waals surface area contributed by atoms with Gasteiger partial charge in [0.25, 0.3) is 0 Å². The molecule has 22 heteroatoms. The number of Topliss-reactive ketones (excluding diaryl/α,β-unsaturated/α-hetero) is 5. The highest BCUT2D eigenvalue weighted by atomic mass is 32.2. The van der Waals surface area contributed by atoms with Gasteiger partial charge in [0, 0.05) is 110 Å². The first-order valence-corrected chi connectivity index (χ1v) is 48.9. The molecule has 0 heterocycles. The standard InChI is InChI=1S/C10H19NO.C10H16O.C9H16O2.C9H14O.C8H15N.C7H14O.C7H12O.C7H10O.C7H12O.2C6H12O2S.C6H10O.C6H8O.C5H10O2S/c1-9(2)8-10(12)6-5-7-11(3)4;1-8(2)10(11)9-6-4-3-5-7-9;1-8(2)7-9(10)5-4-6-11-3;1-7(2)9(10)8-5-3-4-6-8;1-5-8(4)9-6-7(2)3;3*1-4-7(8)5-6(2)3;1-4-5-7(8)6(2)3;2*1-4-9(7,8)5-6(2)3;2*1-4-6(7)5(2)3;1-4-8(6,7)5(2)3/h5-6,9H,7-8H2,1-4H3;6,8H,3-5,7H2,1-2H3;4-5,8H,6-7H2,1-3H3;5,7H,3-4,6H2,1-2H3;5,7,9H,1,4,6H2,2-3H3;6H,4-5H2,1-3H3;4,6H,1,5H2,2-3H3;1,6H,5H2,2-3H3;4-6H,1-3H3;2*4,6H,1,5H2,2-3H3;4-5H,1H2,2-3H3;1,5H,2-3H3;4-5H,1H2,2-3H3/b6-5+;;5-4+;;;;;;5-4+;;;;;. The van der Waals surface area contributed by atoms with Gasteiger partial charge in [0.15, 0.2) is 70.0 Å². The van der Waals surface area contributed by atoms with Gasteiger partial charge in [0.2, 0.25) is 11.6 Å². The first-order chi connectivity index (χ1) is 57.3. The van der Waals surface area contributed by atoms with Crippen molar-refractivity contribution in [2.75, 3.05) is 52.4 Å². The number of nitrogens with one attached hydrogen (secondary N) is 1. The number of allylic oxidation sites excluding steroid dienone is 11. The van der Waals surface area contributed by atoms with Crippen molar-refractivity contribution < 1.29 is 77.9 Å². The fourth-order valence-electron chi connectivity index (χ4n) is 8.25. The molecule has 0 atom stereocenters. The molecule has 19 nitrogen and oxygen atoms in total. The molecule has 0 saturated carbocycles. The summed E-state index contributed by atoms with van der Waals surface area (Å²) < 4.78 is 68.7. The molecule has 0 aliphatic heterocycles. The molecule has 0 aromatic heterocycles. The summed E-state index contributed by atoms with van der Waals surface area (Å²) in [6.07, 6.45) is 40.3. The van der Waals surface area contributed by atoms with Gasteiger partial charge in [0.1, 0.15) is 5.78 Å². The average molecular weight is 1810 g/mol. The number of hydrogen-bond acceptors (Lipinski definition) is 19. The van der Waals surface area contributed by atoms with Gasteiger partial charge in [0.05, 0.1) is 23.4 Å². The molecule has 0 unspecified atom stereocenters. The van der Waals surface area contributed by atoms with Gasteiger partial charge >= 0.3 is 0 Å². The molecule has 0 fully saturated rings. The summed E-state index contributed by atoms with van der Waals surface area (Å²) in [5.74, 6) is 10.1. The van der Waals surface area contributed by atoms with Gasteiger partial charge in [-0.05, 0) is 187 Å². The van der Waals surface area contributed by atoms with E-state index >= 15 is 0 Å². The first-order valence-electron chi connectivity index (χ1n) is 43.9. The van der Waals surface area contributed by atoms with Crippen LogP contribution in [0.1, 0.15) is 291 Å². The van der Waals surface area contributed by atoms with Gasteiger partial charge in [-0.3, -0.25) is 47.9 Å². The van der Waals surface area contributed by atoms with Crippen molar-refractivity contribution in [1.29, 1.82) is 0 Å². The molecule has 0 aromatic carbocycles. The normalized spacial score (nSPS) is 11.8. The van der Waals surface area contributed by atoms with Crippen LogP contribution < -0.4 is 5.32 Å². The second-order valence-electron chi connectivity index (χ2n) is 34.8. The number of sulfone groups is 3. The minimum absolute atomic E-state index is 0.00926. The molecule has 2 rings (SSSR count). The topological polar surface area (TPSA) is 298 Å². The quantitative estimate of drug-likeness (QED) is 0.0259. The number of ketones is 10. The Morgan fingerprint density at radius 1 is 0.464 bits per heavy atom. The third kappa shape index (κ3) is 123. The molecule has 0 spiro atoms. The first kappa shape index (κ1) is 143. The number of methoxy groups -OCH3 is 1. The number of ether oxygens (including phenoxy) is 1. The van der Waals surface area contributed by atoms with E-state index in [1.54, 1.807) is 71.3 Å². The molecule has 0 aromatic rings. The van der Waals surface area contributed by atoms with E-state index in [9.17, 15) is 73.2 Å². The van der Waals surface area contributed by atoms with E-state index in [2.05, 4.69) is 111 Å². The van der Waals surface area contributed by atoms with E-state index in [-0.39, 0.29) is 98.7 Å². The van der Waals surface area contributed by atoms with Crippen LogP contribution in [-0.2, 0) is 82.2 Å². The SMILES string of the molecule is C#CC(=O)C(C)C.C#CC(=O)CC(C)C.C/C=C/C(=O)C(C)C.C=CC(=C)NCC(C)C.C=CC(=O)C(C)C.C=CC(=O)CC(C)C.C=CS(=O)(=O)C(C)C.C=CS(=O)(=O)CC(C)C.C=CS(=O)(=O)CC(C)C.CC(C)C(=O)C1=CCCC1.CC(C)C(=O)C1=CCCCC1.CC(C)CC(=O)/C=C/CN(C)C.CCC(=O)CC(C)C.COC/C=C/C(=O)CC(C)C. The third-order valence-corrected chi connectivity index (χ3v) is 20.1. The van der Waals surface area contributed by atoms with E-state index in [0.717, 1.165) is 78.3 Å². The van der Waals surface area contributed by atoms with Crippen molar-refractivity contribution in [2.45, 2.75) is 296 Å². The van der Waals surface area contributed by atoms with Crippen LogP contribution in [0.4, 0.5) is 0 Å². The fourth-order valence-corrected chi connectivity index (χ4v) is 10.8. The highest BCUT2D eigenvalue weighted by molar-refractivity contribution is 7.95. The Morgan fingerprint density at radius 2 is 0.848 bits per heavy atom. The molecular formula is C103H180N2O17S3. The summed E-state index contributed by atoms with van der Waals surface area (Å²) in [6, 6.07) is 0. The third-order valence-electron chi connectivity index (χ3n) is 15.0. The maximum atomic E-state index is 11.4. The van der Waals surface area contributed by atoms with Crippen LogP contribution in [0, 0.1) is 102 Å². The lowest BCUT2D eigenvalue weighted by atomic mass is 9.92. The summed E-state index contributed by atoms with van der Waals surface area (Å²) in [5.41, 5.74) is 3.05. The van der Waals surface area contributed by atoms with Crippen molar-refractivity contribution in [2.24, 2.45) is 76.9 Å². The van der Waals surface area contributed by atoms with E-state index < -0.39 is 29.5 Å². The van der Waals surface area contributed by atoms with Crippen LogP contribution in [0.25, 0.3) is 0 Å². The molecule has 2 aliphatic carbocycles. The maximum absolute atomic E-state index is 11.4. The van der Waals surface area contributed by atoms with Gasteiger partial charge in [-0.25, -0.2) is 25.3 Å². The highest BCUT2D eigenvalue weighted by Crippen LogP contribution is 2.22. The zero-order chi connectivity index (χ0) is 101. The summed E-state index contributed by atoms with van der Waals surface area (Å²) in [6.45, 7) is 83.8. The summed E-state index contributed by atoms with van der Waals surface area (Å²) in [4.78, 5) is 110. The number of rotatable bonds is 39. The van der Waals surface area contributed by atoms with Crippen molar-refractivity contribution in [3.05, 3.63) is 146 Å². The summed E-state index contributed by atoms with van der Waals surface area (Å²) >= 11 is 0. The van der Waals surface area contributed by atoms with E-state index in [1.807, 2.05) is 169 Å². The number of likely N-dealkylation sites (N-methyl/N-ethyl adjacent to an activating group) is 1. The lowest BCUT2D eigenvalue weighted by molar-refractivity contribution is -0.120. The predicted octanol–water partition coefficient (Wildman–Crippen LogP) is 22.9. The zero-order valence-corrected chi connectivity index (χ0v) is 87.1. The van der Waals surface area contributed by atoms with Crippen LogP contribution in [0.15, 0.2) is 146 Å². The van der Waals surface area contributed by atoms with Crippen LogP contribution in [-0.4, -0.2) is 146 Å². The fraction of sp³-hybridized carbons (Fsp3) is 0.631. The van der Waals surface area contributed by atoms with Crippen LogP contribution in [0.2, 0.25) is 0 Å². The summed E-state index contributed by atoms with van der Waals surface area (Å²) in [5, 5.41) is 5.78. The zero-order valence-electron chi connectivity index (χ0n) is 84.6. The Balaban J connectivity index is -0.000000110. The molecule has 0 bridgehead atoms. The number of hydrogen-bond donors (Lipinski definition) is 1. The Hall–Kier alpha value is -7.73. The lowest BCUT2D eigenvalue weighted by Gasteiger charge is -2.12. The Bertz CT molecular complexity index is 3590. The average Bonchev–Trinajstić information content (AvgIpc) is 1.86. The van der Waals surface area contributed by atoms with Gasteiger partial charge in [-0.1, -0.05) is 263 Å². The van der Waals surface area contributed by atoms with Gasteiger partial charge in [-0.15, -0.1) is 12.8 Å². The van der Waals surface area contributed by atoms with Crippen LogP contribution >= 0.6 is 0 Å². The van der Waals surface area contributed by atoms with E-state index in [0.29, 0.717) is 91.6 Å². The van der Waals surface area contributed by atoms with Crippen LogP contribution in [0.3, 0.4) is 0 Å². The Morgan fingerprint density at radius 3 is 1.03 bits per heavy atom. The lowest BCUT2D eigenvalue weighted by Crippen LogP contribution is -2.16. The number of terminal acetylenes is 2. The second-order valence-corrected chi connectivity index (χ2v) is 41.2. The van der Waals surface area contributed by atoms with Gasteiger partial charge in [-0.2, -0.15) is 0 Å². The monoisotopic (exact) mass is 1810 g/mol. The molecule has 0 saturated heterocycles. The van der Waals surface area contributed by atoms with E-state index in [1.165, 1.54) is 31.4 Å². The molecule has 1 N–H and O–H groups in total. The second kappa shape index (κ2) is 91.0. The summed E-state index contributed by atoms with van der Waals surface area (Å²) in [7, 11) is -3.31. The Kier molecular flexibility index (Phi) is 104. The van der Waals surface area contributed by atoms with Crippen molar-refractivity contribution in [3.63, 3.8) is 0 Å². The van der Waals surface area contributed by atoms with Crippen molar-refractivity contribution in [3.8, 4) is 24.7 Å². The molecule has 0 radical (unpaired) electrons. The number of nitrogens with zero attached hydrogens (tertiary/aromatic N) is 1. The molecular weight excluding hydrogens is 1630 g/mol. The Labute approximate surface area is 767 Å². The smallest absolute Gasteiger partial charge is 0.207 e. The van der Waals surface area contributed by atoms with E-state index in [4.69, 9.17) is 17.6 Å². The van der Waals surface area contributed by atoms with Crippen molar-refractivity contribution >= 4 is 87.3 Å². The van der Waals surface area contributed by atoms with Gasteiger partial charge < -0.3 is 15.0 Å². The molecule has 125 heavy (non-hydrogen) atoms. The van der Waals surface area contributed by atoms with Crippen molar-refractivity contribution in [1.82, 2.24) is 10.2 Å². The van der Waals surface area contributed by atoms with Crippen LogP contribution in [0.5, 0.6) is 0 Å². The number of carbonyl (C=O) groups excluding carboxylic acids is 10. The highest BCUT2D eigenvalue weighted by Gasteiger charge is 2.17. The minimum Gasteiger partial charge on any atom is -0.385 e.